The minimum atomic E-state index is -1.05. The number of nitrogens with one attached hydrogen (secondary N) is 1. The van der Waals surface area contributed by atoms with Gasteiger partial charge in [-0.3, -0.25) is 14.4 Å². The van der Waals surface area contributed by atoms with Crippen molar-refractivity contribution in [1.82, 2.24) is 10.2 Å². The number of hydrogen-bond donors (Lipinski definition) is 2. The van der Waals surface area contributed by atoms with Gasteiger partial charge in [-0.2, -0.15) is 0 Å². The molecule has 2 amide bonds. The maximum atomic E-state index is 12.4. The van der Waals surface area contributed by atoms with E-state index in [2.05, 4.69) is 5.32 Å². The van der Waals surface area contributed by atoms with Crippen molar-refractivity contribution in [2.45, 2.75) is 18.9 Å². The van der Waals surface area contributed by atoms with Crippen LogP contribution < -0.4 is 5.32 Å². The number of amides is 2. The van der Waals surface area contributed by atoms with Gasteiger partial charge in [-0.05, 0) is 36.1 Å². The summed E-state index contributed by atoms with van der Waals surface area (Å²) in [6.07, 6.45) is 0.412. The van der Waals surface area contributed by atoms with Gasteiger partial charge in [-0.25, -0.2) is 0 Å². The molecule has 0 saturated carbocycles. The molecule has 2 N–H and O–H groups in total. The van der Waals surface area contributed by atoms with Crippen LogP contribution in [-0.4, -0.2) is 47.2 Å². The average molecular weight is 449 g/mol. The number of carbonyl (C=O) groups is 3. The quantitative estimate of drug-likeness (QED) is 0.369. The number of hydrogen-bond acceptors (Lipinski definition) is 4. The summed E-state index contributed by atoms with van der Waals surface area (Å²) >= 11 is 11.9. The molecule has 1 fully saturated rings. The van der Waals surface area contributed by atoms with Crippen molar-refractivity contribution in [2.75, 3.05) is 19.6 Å². The van der Waals surface area contributed by atoms with Gasteiger partial charge in [-0.15, -0.1) is 0 Å². The minimum absolute atomic E-state index is 0.0276. The van der Waals surface area contributed by atoms with Gasteiger partial charge in [-0.1, -0.05) is 59.6 Å². The molecule has 2 atom stereocenters. The van der Waals surface area contributed by atoms with E-state index in [4.69, 9.17) is 23.2 Å². The van der Waals surface area contributed by atoms with Gasteiger partial charge in [0.05, 0.1) is 22.7 Å². The van der Waals surface area contributed by atoms with Crippen molar-refractivity contribution in [3.05, 3.63) is 69.7 Å². The van der Waals surface area contributed by atoms with E-state index in [0.29, 0.717) is 35.0 Å². The van der Waals surface area contributed by atoms with Crippen LogP contribution >= 0.6 is 23.2 Å². The highest BCUT2D eigenvalue weighted by molar-refractivity contribution is 6.42. The van der Waals surface area contributed by atoms with E-state index >= 15 is 0 Å². The Hall–Kier alpha value is -2.41. The number of nitrogens with zero attached hydrogens (tertiary/aromatic N) is 1. The first kappa shape index (κ1) is 22.3. The number of β-amino-alcohol motifs (C(OH)–C–C–N with tert-alkyl or cyclic N) is 1. The number of aryl methyl sites for hydroxylation is 1. The van der Waals surface area contributed by atoms with E-state index in [0.717, 1.165) is 5.56 Å². The summed E-state index contributed by atoms with van der Waals surface area (Å²) < 4.78 is 0. The SMILES string of the molecule is O=C(NCCCc1ccc(Cl)c(Cl)c1)C1CN(C[C@H](O)c2ccccc2)C(=O)C1=O. The largest absolute Gasteiger partial charge is 0.387 e. The maximum Gasteiger partial charge on any atom is 0.291 e. The van der Waals surface area contributed by atoms with Gasteiger partial charge in [0.1, 0.15) is 5.92 Å². The summed E-state index contributed by atoms with van der Waals surface area (Å²) in [7, 11) is 0. The molecule has 2 aromatic rings. The Bertz CT molecular complexity index is 936. The molecule has 1 saturated heterocycles. The Morgan fingerprint density at radius 1 is 1.13 bits per heavy atom. The molecule has 0 spiro atoms. The molecule has 0 bridgehead atoms. The number of Topliss-reactive ketones (excluding diaryl/α,β-unsaturated/α-hetero) is 1. The summed E-state index contributed by atoms with van der Waals surface area (Å²) in [6.45, 7) is 0.305. The number of ketones is 1. The standard InChI is InChI=1S/C22H22Cl2N2O4/c23-17-9-8-14(11-18(17)24)5-4-10-25-21(29)16-12-26(22(30)20(16)28)13-19(27)15-6-2-1-3-7-15/h1-3,6-9,11,16,19,27H,4-5,10,12-13H2,(H,25,29)/t16?,19-/m0/s1. The second kappa shape index (κ2) is 10.1. The van der Waals surface area contributed by atoms with Crippen molar-refractivity contribution in [3.8, 4) is 0 Å². The molecule has 0 aromatic heterocycles. The number of aliphatic hydroxyl groups excluding tert-OH is 1. The van der Waals surface area contributed by atoms with E-state index in [9.17, 15) is 19.5 Å². The third-order valence-corrected chi connectivity index (χ3v) is 5.78. The number of carbonyl (C=O) groups excluding carboxylic acids is 3. The average Bonchev–Trinajstić information content (AvgIpc) is 3.02. The predicted octanol–water partition coefficient (Wildman–Crippen LogP) is 2.80. The fourth-order valence-electron chi connectivity index (χ4n) is 3.36. The molecule has 158 valence electrons. The van der Waals surface area contributed by atoms with Crippen LogP contribution in [0.3, 0.4) is 0 Å². The Kier molecular flexibility index (Phi) is 7.48. The summed E-state index contributed by atoms with van der Waals surface area (Å²) in [4.78, 5) is 38.1. The Morgan fingerprint density at radius 2 is 1.87 bits per heavy atom. The fraction of sp³-hybridized carbons (Fsp3) is 0.318. The highest BCUT2D eigenvalue weighted by atomic mass is 35.5. The molecule has 1 unspecified atom stereocenters. The molecule has 3 rings (SSSR count). The molecule has 8 heteroatoms. The maximum absolute atomic E-state index is 12.4. The van der Waals surface area contributed by atoms with Crippen LogP contribution in [0.15, 0.2) is 48.5 Å². The molecule has 1 aliphatic rings. The normalized spacial score (nSPS) is 17.3. The number of likely N-dealkylation sites (tertiary alicyclic amines) is 1. The smallest absolute Gasteiger partial charge is 0.291 e. The van der Waals surface area contributed by atoms with E-state index in [1.165, 1.54) is 4.90 Å². The first-order chi connectivity index (χ1) is 14.4. The van der Waals surface area contributed by atoms with Crippen LogP contribution in [0.4, 0.5) is 0 Å². The molecular weight excluding hydrogens is 427 g/mol. The first-order valence-corrected chi connectivity index (χ1v) is 10.4. The second-order valence-corrected chi connectivity index (χ2v) is 8.01. The second-order valence-electron chi connectivity index (χ2n) is 7.20. The van der Waals surface area contributed by atoms with E-state index in [1.807, 2.05) is 12.1 Å². The number of aliphatic hydroxyl groups is 1. The highest BCUT2D eigenvalue weighted by Gasteiger charge is 2.43. The Labute approximate surface area is 184 Å². The lowest BCUT2D eigenvalue weighted by molar-refractivity contribution is -0.143. The lowest BCUT2D eigenvalue weighted by atomic mass is 10.1. The zero-order valence-corrected chi connectivity index (χ0v) is 17.7. The molecule has 30 heavy (non-hydrogen) atoms. The topological polar surface area (TPSA) is 86.7 Å². The summed E-state index contributed by atoms with van der Waals surface area (Å²) in [5, 5.41) is 14.0. The van der Waals surface area contributed by atoms with Crippen molar-refractivity contribution in [1.29, 1.82) is 0 Å². The number of halogens is 2. The Balaban J connectivity index is 1.48. The Morgan fingerprint density at radius 3 is 2.57 bits per heavy atom. The van der Waals surface area contributed by atoms with E-state index in [-0.39, 0.29) is 13.1 Å². The predicted molar refractivity (Wildman–Crippen MR) is 114 cm³/mol. The van der Waals surface area contributed by atoms with Gasteiger partial charge >= 0.3 is 0 Å². The van der Waals surface area contributed by atoms with Gasteiger partial charge in [0.25, 0.3) is 5.91 Å². The van der Waals surface area contributed by atoms with Gasteiger partial charge < -0.3 is 15.3 Å². The first-order valence-electron chi connectivity index (χ1n) is 9.64. The molecule has 1 aliphatic heterocycles. The van der Waals surface area contributed by atoms with Crippen LogP contribution in [0, 0.1) is 5.92 Å². The minimum Gasteiger partial charge on any atom is -0.387 e. The van der Waals surface area contributed by atoms with Gasteiger partial charge in [0.15, 0.2) is 0 Å². The van der Waals surface area contributed by atoms with Crippen LogP contribution in [0.25, 0.3) is 0 Å². The molecule has 6 nitrogen and oxygen atoms in total. The molecule has 0 radical (unpaired) electrons. The number of rotatable bonds is 8. The zero-order chi connectivity index (χ0) is 21.7. The molecule has 2 aromatic carbocycles. The third-order valence-electron chi connectivity index (χ3n) is 5.04. The number of benzene rings is 2. The molecule has 0 aliphatic carbocycles. The van der Waals surface area contributed by atoms with Gasteiger partial charge in [0, 0.05) is 13.1 Å². The lowest BCUT2D eigenvalue weighted by Crippen LogP contribution is -2.36. The van der Waals surface area contributed by atoms with Crippen molar-refractivity contribution in [3.63, 3.8) is 0 Å². The van der Waals surface area contributed by atoms with Gasteiger partial charge in [0.2, 0.25) is 11.7 Å². The van der Waals surface area contributed by atoms with Crippen LogP contribution in [0.1, 0.15) is 23.7 Å². The van der Waals surface area contributed by atoms with Crippen molar-refractivity contribution in [2.24, 2.45) is 5.92 Å². The summed E-state index contributed by atoms with van der Waals surface area (Å²) in [5.41, 5.74) is 1.64. The monoisotopic (exact) mass is 448 g/mol. The van der Waals surface area contributed by atoms with Crippen molar-refractivity contribution < 1.29 is 19.5 Å². The van der Waals surface area contributed by atoms with E-state index < -0.39 is 29.6 Å². The lowest BCUT2D eigenvalue weighted by Gasteiger charge is -2.20. The molecule has 1 heterocycles. The van der Waals surface area contributed by atoms with Crippen LogP contribution in [0.2, 0.25) is 10.0 Å². The molecular formula is C22H22Cl2N2O4. The highest BCUT2D eigenvalue weighted by Crippen LogP contribution is 2.23. The third kappa shape index (κ3) is 5.39. The van der Waals surface area contributed by atoms with Crippen molar-refractivity contribution >= 4 is 40.8 Å². The fourth-order valence-corrected chi connectivity index (χ4v) is 3.68. The summed E-state index contributed by atoms with van der Waals surface area (Å²) in [5.74, 6) is -3.00. The van der Waals surface area contributed by atoms with Crippen LogP contribution in [0.5, 0.6) is 0 Å². The summed E-state index contributed by atoms with van der Waals surface area (Å²) in [6, 6.07) is 14.2. The van der Waals surface area contributed by atoms with Crippen LogP contribution in [-0.2, 0) is 20.8 Å². The van der Waals surface area contributed by atoms with E-state index in [1.54, 1.807) is 36.4 Å². The zero-order valence-electron chi connectivity index (χ0n) is 16.2.